The minimum Gasteiger partial charge on any atom is -0.352 e. The van der Waals surface area contributed by atoms with Gasteiger partial charge in [0.05, 0.1) is 0 Å². The molecule has 6 nitrogen and oxygen atoms in total. The van der Waals surface area contributed by atoms with Gasteiger partial charge in [0.1, 0.15) is 12.1 Å². The molecule has 2 N–H and O–H groups in total. The summed E-state index contributed by atoms with van der Waals surface area (Å²) in [7, 11) is 0. The number of urea groups is 1. The lowest BCUT2D eigenvalue weighted by Gasteiger charge is -2.27. The zero-order chi connectivity index (χ0) is 18.4. The van der Waals surface area contributed by atoms with E-state index in [1.807, 2.05) is 51.1 Å². The van der Waals surface area contributed by atoms with Crippen molar-refractivity contribution < 1.29 is 14.4 Å². The molecule has 1 atom stereocenters. The van der Waals surface area contributed by atoms with Crippen LogP contribution in [0.3, 0.4) is 0 Å². The lowest BCUT2D eigenvalue weighted by Crippen LogP contribution is -2.46. The van der Waals surface area contributed by atoms with Crippen LogP contribution in [0, 0.1) is 0 Å². The molecule has 0 spiro atoms. The summed E-state index contributed by atoms with van der Waals surface area (Å²) >= 11 is 0. The zero-order valence-electron chi connectivity index (χ0n) is 15.2. The largest absolute Gasteiger partial charge is 0.352 e. The molecular weight excluding hydrogens is 318 g/mol. The summed E-state index contributed by atoms with van der Waals surface area (Å²) in [5.41, 5.74) is -0.333. The Morgan fingerprint density at radius 3 is 2.36 bits per heavy atom. The molecule has 0 aromatic heterocycles. The number of amides is 4. The van der Waals surface area contributed by atoms with Crippen LogP contribution in [0.2, 0.25) is 0 Å². The molecule has 1 aromatic carbocycles. The lowest BCUT2D eigenvalue weighted by molar-refractivity contribution is -0.135. The van der Waals surface area contributed by atoms with Crippen molar-refractivity contribution in [1.29, 1.82) is 0 Å². The molecule has 6 heteroatoms. The third-order valence-electron chi connectivity index (χ3n) is 4.72. The summed E-state index contributed by atoms with van der Waals surface area (Å²) in [6.45, 7) is 5.69. The Bertz CT molecular complexity index is 628. The van der Waals surface area contributed by atoms with Crippen LogP contribution in [-0.4, -0.2) is 35.3 Å². The molecule has 4 amide bonds. The average molecular weight is 345 g/mol. The summed E-state index contributed by atoms with van der Waals surface area (Å²) in [5.74, 6) is -0.664. The van der Waals surface area contributed by atoms with Crippen molar-refractivity contribution in [1.82, 2.24) is 15.5 Å². The Morgan fingerprint density at radius 1 is 1.16 bits per heavy atom. The van der Waals surface area contributed by atoms with Crippen LogP contribution in [-0.2, 0) is 15.1 Å². The van der Waals surface area contributed by atoms with Crippen LogP contribution in [0.15, 0.2) is 30.3 Å². The van der Waals surface area contributed by atoms with Crippen molar-refractivity contribution in [2.45, 2.75) is 58.0 Å². The molecular formula is C19H27N3O3. The Morgan fingerprint density at radius 2 is 1.80 bits per heavy atom. The number of nitrogens with zero attached hydrogens (tertiary/aromatic N) is 1. The van der Waals surface area contributed by atoms with Crippen molar-refractivity contribution in [3.63, 3.8) is 0 Å². The maximum Gasteiger partial charge on any atom is 0.325 e. The molecule has 1 saturated heterocycles. The SMILES string of the molecule is CCC[C@]1(c2ccccc2)NC(=O)N(CC(=O)NC(CC)CC)C1=O. The van der Waals surface area contributed by atoms with E-state index in [2.05, 4.69) is 10.6 Å². The zero-order valence-corrected chi connectivity index (χ0v) is 15.2. The van der Waals surface area contributed by atoms with Gasteiger partial charge in [-0.05, 0) is 24.8 Å². The fourth-order valence-corrected chi connectivity index (χ4v) is 3.29. The topological polar surface area (TPSA) is 78.5 Å². The number of rotatable bonds is 8. The van der Waals surface area contributed by atoms with Crippen LogP contribution in [0.5, 0.6) is 0 Å². The van der Waals surface area contributed by atoms with Crippen LogP contribution in [0.25, 0.3) is 0 Å². The normalized spacial score (nSPS) is 20.1. The summed E-state index contributed by atoms with van der Waals surface area (Å²) in [6.07, 6.45) is 2.85. The van der Waals surface area contributed by atoms with Crippen molar-refractivity contribution >= 4 is 17.8 Å². The van der Waals surface area contributed by atoms with Gasteiger partial charge in [-0.15, -0.1) is 0 Å². The summed E-state index contributed by atoms with van der Waals surface area (Å²) in [4.78, 5) is 38.7. The fourth-order valence-electron chi connectivity index (χ4n) is 3.29. The standard InChI is InChI=1S/C19H27N3O3/c1-4-12-19(14-10-8-7-9-11-14)17(24)22(18(25)21-19)13-16(23)20-15(5-2)6-3/h7-11,15H,4-6,12-13H2,1-3H3,(H,20,23)(H,21,25)/t19-/m1/s1. The van der Waals surface area contributed by atoms with Crippen molar-refractivity contribution in [2.24, 2.45) is 0 Å². The van der Waals surface area contributed by atoms with Gasteiger partial charge in [-0.2, -0.15) is 0 Å². The molecule has 1 aliphatic heterocycles. The molecule has 1 heterocycles. The maximum absolute atomic E-state index is 13.1. The average Bonchev–Trinajstić information content (AvgIpc) is 2.86. The number of hydrogen-bond acceptors (Lipinski definition) is 3. The Kier molecular flexibility index (Phi) is 6.17. The molecule has 0 saturated carbocycles. The van der Waals surface area contributed by atoms with Gasteiger partial charge in [0, 0.05) is 6.04 Å². The van der Waals surface area contributed by atoms with E-state index in [0.717, 1.165) is 29.7 Å². The molecule has 0 radical (unpaired) electrons. The van der Waals surface area contributed by atoms with E-state index in [0.29, 0.717) is 6.42 Å². The van der Waals surface area contributed by atoms with Gasteiger partial charge in [-0.3, -0.25) is 14.5 Å². The quantitative estimate of drug-likeness (QED) is 0.711. The molecule has 25 heavy (non-hydrogen) atoms. The van der Waals surface area contributed by atoms with Crippen LogP contribution >= 0.6 is 0 Å². The summed E-state index contributed by atoms with van der Waals surface area (Å²) in [5, 5.41) is 5.70. The molecule has 136 valence electrons. The first-order valence-corrected chi connectivity index (χ1v) is 8.97. The van der Waals surface area contributed by atoms with E-state index in [1.54, 1.807) is 0 Å². The minimum absolute atomic E-state index is 0.0581. The molecule has 1 aliphatic rings. The first-order chi connectivity index (χ1) is 12.0. The third kappa shape index (κ3) is 3.83. The Hall–Kier alpha value is -2.37. The summed E-state index contributed by atoms with van der Waals surface area (Å²) < 4.78 is 0. The van der Waals surface area contributed by atoms with E-state index in [4.69, 9.17) is 0 Å². The molecule has 0 unspecified atom stereocenters. The molecule has 2 rings (SSSR count). The highest BCUT2D eigenvalue weighted by atomic mass is 16.2. The second-order valence-corrected chi connectivity index (χ2v) is 6.42. The van der Waals surface area contributed by atoms with Gasteiger partial charge in [0.15, 0.2) is 0 Å². The Balaban J connectivity index is 2.21. The highest BCUT2D eigenvalue weighted by Crippen LogP contribution is 2.33. The third-order valence-corrected chi connectivity index (χ3v) is 4.72. The van der Waals surface area contributed by atoms with E-state index < -0.39 is 11.6 Å². The van der Waals surface area contributed by atoms with Gasteiger partial charge >= 0.3 is 6.03 Å². The predicted octanol–water partition coefficient (Wildman–Crippen LogP) is 2.54. The van der Waals surface area contributed by atoms with Crippen molar-refractivity contribution in [3.05, 3.63) is 35.9 Å². The number of benzene rings is 1. The highest BCUT2D eigenvalue weighted by molar-refractivity contribution is 6.09. The number of nitrogens with one attached hydrogen (secondary N) is 2. The molecule has 1 fully saturated rings. The predicted molar refractivity (Wildman–Crippen MR) is 95.8 cm³/mol. The van der Waals surface area contributed by atoms with E-state index in [9.17, 15) is 14.4 Å². The highest BCUT2D eigenvalue weighted by Gasteiger charge is 2.52. The second-order valence-electron chi connectivity index (χ2n) is 6.42. The van der Waals surface area contributed by atoms with Gasteiger partial charge in [0.25, 0.3) is 5.91 Å². The van der Waals surface area contributed by atoms with Crippen molar-refractivity contribution in [3.8, 4) is 0 Å². The number of hydrogen-bond donors (Lipinski definition) is 2. The Labute approximate surface area is 149 Å². The van der Waals surface area contributed by atoms with Gasteiger partial charge in [-0.1, -0.05) is 57.5 Å². The van der Waals surface area contributed by atoms with Gasteiger partial charge in [0.2, 0.25) is 5.91 Å². The van der Waals surface area contributed by atoms with Crippen LogP contribution in [0.4, 0.5) is 4.79 Å². The van der Waals surface area contributed by atoms with E-state index in [-0.39, 0.29) is 24.4 Å². The monoisotopic (exact) mass is 345 g/mol. The maximum atomic E-state index is 13.1. The smallest absolute Gasteiger partial charge is 0.325 e. The second kappa shape index (κ2) is 8.14. The first kappa shape index (κ1) is 19.0. The number of imide groups is 1. The van der Waals surface area contributed by atoms with Crippen LogP contribution < -0.4 is 10.6 Å². The van der Waals surface area contributed by atoms with Crippen molar-refractivity contribution in [2.75, 3.05) is 6.54 Å². The number of carbonyl (C=O) groups is 3. The molecule has 0 aliphatic carbocycles. The molecule has 1 aromatic rings. The number of carbonyl (C=O) groups excluding carboxylic acids is 3. The van der Waals surface area contributed by atoms with Gasteiger partial charge < -0.3 is 10.6 Å². The minimum atomic E-state index is -1.08. The van der Waals surface area contributed by atoms with E-state index >= 15 is 0 Å². The summed E-state index contributed by atoms with van der Waals surface area (Å²) in [6, 6.07) is 8.77. The first-order valence-electron chi connectivity index (χ1n) is 8.97. The lowest BCUT2D eigenvalue weighted by atomic mass is 9.85. The fraction of sp³-hybridized carbons (Fsp3) is 0.526. The van der Waals surface area contributed by atoms with Gasteiger partial charge in [-0.25, -0.2) is 4.79 Å². The van der Waals surface area contributed by atoms with Crippen LogP contribution in [0.1, 0.15) is 52.0 Å². The van der Waals surface area contributed by atoms with E-state index in [1.165, 1.54) is 0 Å². The molecule has 0 bridgehead atoms.